The Bertz CT molecular complexity index is 423. The monoisotopic (exact) mass is 269 g/mol. The molecule has 0 amide bonds. The molecular weight excluding hydrogens is 249 g/mol. The molecule has 0 spiro atoms. The van der Waals surface area contributed by atoms with Gasteiger partial charge < -0.3 is 9.47 Å². The van der Waals surface area contributed by atoms with Crippen LogP contribution >= 0.6 is 0 Å². The van der Waals surface area contributed by atoms with Gasteiger partial charge in [0, 0.05) is 18.2 Å². The number of likely N-dealkylation sites (N-methyl/N-ethyl adjacent to an activating group) is 1. The van der Waals surface area contributed by atoms with E-state index >= 15 is 0 Å². The molecule has 0 atom stereocenters. The van der Waals surface area contributed by atoms with Crippen LogP contribution in [0.2, 0.25) is 0 Å². The van der Waals surface area contributed by atoms with Crippen LogP contribution in [-0.4, -0.2) is 37.7 Å². The third-order valence-corrected chi connectivity index (χ3v) is 2.76. The minimum atomic E-state index is -0.332. The molecule has 0 aliphatic rings. The number of halogens is 1. The molecule has 0 N–H and O–H groups in total. The smallest absolute Gasteiger partial charge is 0.320 e. The van der Waals surface area contributed by atoms with E-state index in [0.717, 1.165) is 0 Å². The Balaban J connectivity index is 2.67. The molecule has 0 radical (unpaired) electrons. The van der Waals surface area contributed by atoms with Crippen molar-refractivity contribution in [1.29, 1.82) is 0 Å². The average molecular weight is 269 g/mol. The minimum Gasteiger partial charge on any atom is -0.497 e. The summed E-state index contributed by atoms with van der Waals surface area (Å²) in [5, 5.41) is 0. The zero-order valence-electron chi connectivity index (χ0n) is 11.6. The van der Waals surface area contributed by atoms with Crippen LogP contribution in [0.15, 0.2) is 18.2 Å². The Hall–Kier alpha value is -1.62. The predicted molar refractivity (Wildman–Crippen MR) is 70.5 cm³/mol. The maximum absolute atomic E-state index is 13.8. The lowest BCUT2D eigenvalue weighted by molar-refractivity contribution is -0.144. The van der Waals surface area contributed by atoms with Gasteiger partial charge in [0.15, 0.2) is 0 Å². The van der Waals surface area contributed by atoms with E-state index in [9.17, 15) is 9.18 Å². The highest BCUT2D eigenvalue weighted by molar-refractivity contribution is 5.71. The van der Waals surface area contributed by atoms with E-state index < -0.39 is 0 Å². The number of rotatable bonds is 7. The third kappa shape index (κ3) is 4.87. The van der Waals surface area contributed by atoms with Crippen LogP contribution in [0, 0.1) is 5.82 Å². The summed E-state index contributed by atoms with van der Waals surface area (Å²) in [6.07, 6.45) is 0. The first-order valence-electron chi connectivity index (χ1n) is 6.31. The molecule has 19 heavy (non-hydrogen) atoms. The number of carbonyl (C=O) groups is 1. The molecule has 106 valence electrons. The summed E-state index contributed by atoms with van der Waals surface area (Å²) >= 11 is 0. The number of esters is 1. The molecule has 0 unspecified atom stereocenters. The van der Waals surface area contributed by atoms with Crippen molar-refractivity contribution in [1.82, 2.24) is 4.90 Å². The van der Waals surface area contributed by atoms with Crippen molar-refractivity contribution in [2.75, 3.05) is 26.8 Å². The molecule has 1 aromatic carbocycles. The van der Waals surface area contributed by atoms with Gasteiger partial charge in [-0.3, -0.25) is 9.69 Å². The molecule has 1 rings (SSSR count). The first kappa shape index (κ1) is 15.4. The van der Waals surface area contributed by atoms with Crippen LogP contribution in [0.1, 0.15) is 19.4 Å². The summed E-state index contributed by atoms with van der Waals surface area (Å²) in [7, 11) is 1.49. The first-order chi connectivity index (χ1) is 9.10. The van der Waals surface area contributed by atoms with Gasteiger partial charge in [0.25, 0.3) is 0 Å². The fourth-order valence-corrected chi connectivity index (χ4v) is 1.69. The Labute approximate surface area is 113 Å². The van der Waals surface area contributed by atoms with Crippen molar-refractivity contribution in [3.8, 4) is 5.75 Å². The lowest BCUT2D eigenvalue weighted by atomic mass is 10.2. The third-order valence-electron chi connectivity index (χ3n) is 2.76. The van der Waals surface area contributed by atoms with E-state index in [0.29, 0.717) is 31.0 Å². The molecule has 0 fully saturated rings. The average Bonchev–Trinajstić information content (AvgIpc) is 2.40. The summed E-state index contributed by atoms with van der Waals surface area (Å²) in [6.45, 7) is 5.20. The number of nitrogens with zero attached hydrogens (tertiary/aromatic N) is 1. The molecule has 4 nitrogen and oxygen atoms in total. The second-order valence-corrected chi connectivity index (χ2v) is 4.07. The number of benzene rings is 1. The van der Waals surface area contributed by atoms with Crippen LogP contribution < -0.4 is 4.74 Å². The van der Waals surface area contributed by atoms with E-state index in [1.54, 1.807) is 19.1 Å². The number of hydrogen-bond acceptors (Lipinski definition) is 4. The van der Waals surface area contributed by atoms with Gasteiger partial charge in [0.05, 0.1) is 20.3 Å². The van der Waals surface area contributed by atoms with Crippen LogP contribution in [0.3, 0.4) is 0 Å². The van der Waals surface area contributed by atoms with Crippen LogP contribution in [0.4, 0.5) is 4.39 Å². The van der Waals surface area contributed by atoms with Crippen molar-refractivity contribution >= 4 is 5.97 Å². The maximum Gasteiger partial charge on any atom is 0.320 e. The highest BCUT2D eigenvalue weighted by atomic mass is 19.1. The molecule has 0 heterocycles. The standard InChI is InChI=1S/C14H20FNO3/c1-4-16(10-14(17)19-5-2)9-11-6-7-12(18-3)8-13(11)15/h6-8H,4-5,9-10H2,1-3H3. The lowest BCUT2D eigenvalue weighted by Gasteiger charge is -2.19. The van der Waals surface area contributed by atoms with Crippen molar-refractivity contribution < 1.29 is 18.7 Å². The topological polar surface area (TPSA) is 38.8 Å². The van der Waals surface area contributed by atoms with Crippen LogP contribution in [-0.2, 0) is 16.1 Å². The molecular formula is C14H20FNO3. The van der Waals surface area contributed by atoms with Gasteiger partial charge in [0.2, 0.25) is 0 Å². The number of carbonyl (C=O) groups excluding carboxylic acids is 1. The summed E-state index contributed by atoms with van der Waals surface area (Å²) in [5.74, 6) is -0.144. The summed E-state index contributed by atoms with van der Waals surface area (Å²) in [6, 6.07) is 4.71. The summed E-state index contributed by atoms with van der Waals surface area (Å²) in [5.41, 5.74) is 0.534. The molecule has 0 aliphatic heterocycles. The quantitative estimate of drug-likeness (QED) is 0.711. The van der Waals surface area contributed by atoms with Gasteiger partial charge in [-0.05, 0) is 19.5 Å². The van der Waals surface area contributed by atoms with Gasteiger partial charge in [-0.15, -0.1) is 0 Å². The highest BCUT2D eigenvalue weighted by Crippen LogP contribution is 2.17. The molecule has 5 heteroatoms. The Kier molecular flexibility index (Phi) is 6.29. The Morgan fingerprint density at radius 3 is 2.63 bits per heavy atom. The second kappa shape index (κ2) is 7.74. The normalized spacial score (nSPS) is 10.6. The zero-order chi connectivity index (χ0) is 14.3. The van der Waals surface area contributed by atoms with Crippen molar-refractivity contribution in [3.05, 3.63) is 29.6 Å². The maximum atomic E-state index is 13.8. The SMILES string of the molecule is CCOC(=O)CN(CC)Cc1ccc(OC)cc1F. The molecule has 0 aromatic heterocycles. The lowest BCUT2D eigenvalue weighted by Crippen LogP contribution is -2.30. The van der Waals surface area contributed by atoms with Gasteiger partial charge >= 0.3 is 5.97 Å². The predicted octanol–water partition coefficient (Wildman–Crippen LogP) is 2.22. The number of hydrogen-bond donors (Lipinski definition) is 0. The van der Waals surface area contributed by atoms with Gasteiger partial charge in [-0.2, -0.15) is 0 Å². The van der Waals surface area contributed by atoms with Crippen LogP contribution in [0.5, 0.6) is 5.75 Å². The molecule has 0 saturated carbocycles. The highest BCUT2D eigenvalue weighted by Gasteiger charge is 2.13. The van der Waals surface area contributed by atoms with E-state index in [-0.39, 0.29) is 18.3 Å². The fourth-order valence-electron chi connectivity index (χ4n) is 1.69. The van der Waals surface area contributed by atoms with Gasteiger partial charge in [0.1, 0.15) is 11.6 Å². The zero-order valence-corrected chi connectivity index (χ0v) is 11.6. The van der Waals surface area contributed by atoms with Crippen molar-refractivity contribution in [2.45, 2.75) is 20.4 Å². The Morgan fingerprint density at radius 1 is 1.37 bits per heavy atom. The van der Waals surface area contributed by atoms with E-state index in [2.05, 4.69) is 0 Å². The fraction of sp³-hybridized carbons (Fsp3) is 0.500. The van der Waals surface area contributed by atoms with Crippen molar-refractivity contribution in [2.24, 2.45) is 0 Å². The minimum absolute atomic E-state index is 0.163. The molecule has 0 saturated heterocycles. The summed E-state index contributed by atoms with van der Waals surface area (Å²) < 4.78 is 23.6. The first-order valence-corrected chi connectivity index (χ1v) is 6.31. The van der Waals surface area contributed by atoms with Gasteiger partial charge in [-0.1, -0.05) is 13.0 Å². The van der Waals surface area contributed by atoms with Crippen LogP contribution in [0.25, 0.3) is 0 Å². The number of ether oxygens (including phenoxy) is 2. The number of methoxy groups -OCH3 is 1. The van der Waals surface area contributed by atoms with E-state index in [4.69, 9.17) is 9.47 Å². The van der Waals surface area contributed by atoms with Gasteiger partial charge in [-0.25, -0.2) is 4.39 Å². The van der Waals surface area contributed by atoms with E-state index in [1.165, 1.54) is 13.2 Å². The Morgan fingerprint density at radius 2 is 2.11 bits per heavy atom. The van der Waals surface area contributed by atoms with Crippen molar-refractivity contribution in [3.63, 3.8) is 0 Å². The summed E-state index contributed by atoms with van der Waals surface area (Å²) in [4.78, 5) is 13.2. The molecule has 1 aromatic rings. The van der Waals surface area contributed by atoms with E-state index in [1.807, 2.05) is 11.8 Å². The molecule has 0 aliphatic carbocycles. The molecule has 0 bridgehead atoms. The largest absolute Gasteiger partial charge is 0.497 e. The second-order valence-electron chi connectivity index (χ2n) is 4.07.